The summed E-state index contributed by atoms with van der Waals surface area (Å²) in [5, 5.41) is 7.88. The molecule has 1 aliphatic rings. The number of ether oxygens (including phenoxy) is 1. The quantitative estimate of drug-likeness (QED) is 0.874. The molecule has 2 atom stereocenters. The molecule has 1 aromatic heterocycles. The molecule has 0 aromatic carbocycles. The maximum Gasteiger partial charge on any atom is 0.0641 e. The van der Waals surface area contributed by atoms with Crippen molar-refractivity contribution in [2.24, 2.45) is 7.05 Å². The van der Waals surface area contributed by atoms with E-state index in [0.29, 0.717) is 12.1 Å². The minimum atomic E-state index is 0.00454. The molecule has 1 aromatic rings. The second-order valence-corrected chi connectivity index (χ2v) is 5.63. The van der Waals surface area contributed by atoms with Gasteiger partial charge in [-0.05, 0) is 33.6 Å². The van der Waals surface area contributed by atoms with Gasteiger partial charge in [0.25, 0.3) is 0 Å². The van der Waals surface area contributed by atoms with Gasteiger partial charge in [0.2, 0.25) is 0 Å². The highest BCUT2D eigenvalue weighted by Crippen LogP contribution is 2.25. The number of aromatic nitrogens is 2. The Morgan fingerprint density at radius 2 is 2.35 bits per heavy atom. The standard InChI is InChI=1S/C13H23N3O/c1-10(11-8-14-16(4)9-11)15-12-5-6-17-13(2,3)7-12/h8-10,12,15H,5-7H2,1-4H3. The van der Waals surface area contributed by atoms with Gasteiger partial charge in [-0.3, -0.25) is 4.68 Å². The van der Waals surface area contributed by atoms with Crippen LogP contribution < -0.4 is 5.32 Å². The molecule has 2 heterocycles. The number of nitrogens with zero attached hydrogens (tertiary/aromatic N) is 2. The van der Waals surface area contributed by atoms with Crippen LogP contribution in [0.15, 0.2) is 12.4 Å². The Morgan fingerprint density at radius 3 is 2.94 bits per heavy atom. The van der Waals surface area contributed by atoms with Gasteiger partial charge in [-0.15, -0.1) is 0 Å². The van der Waals surface area contributed by atoms with Crippen LogP contribution in [0.2, 0.25) is 0 Å². The molecule has 0 spiro atoms. The number of aryl methyl sites for hydroxylation is 1. The molecule has 0 saturated carbocycles. The minimum Gasteiger partial charge on any atom is -0.375 e. The lowest BCUT2D eigenvalue weighted by Gasteiger charge is -2.37. The molecule has 1 N–H and O–H groups in total. The second-order valence-electron chi connectivity index (χ2n) is 5.63. The molecule has 0 aliphatic carbocycles. The van der Waals surface area contributed by atoms with Crippen molar-refractivity contribution >= 4 is 0 Å². The summed E-state index contributed by atoms with van der Waals surface area (Å²) in [6, 6.07) is 0.886. The summed E-state index contributed by atoms with van der Waals surface area (Å²) in [5.74, 6) is 0. The molecule has 96 valence electrons. The van der Waals surface area contributed by atoms with Crippen LogP contribution in [-0.4, -0.2) is 28.0 Å². The van der Waals surface area contributed by atoms with E-state index in [1.54, 1.807) is 0 Å². The average Bonchev–Trinajstić information content (AvgIpc) is 2.63. The summed E-state index contributed by atoms with van der Waals surface area (Å²) in [7, 11) is 1.95. The summed E-state index contributed by atoms with van der Waals surface area (Å²) < 4.78 is 7.58. The van der Waals surface area contributed by atoms with Crippen molar-refractivity contribution in [2.75, 3.05) is 6.61 Å². The summed E-state index contributed by atoms with van der Waals surface area (Å²) in [6.45, 7) is 7.37. The summed E-state index contributed by atoms with van der Waals surface area (Å²) in [6.07, 6.45) is 6.16. The van der Waals surface area contributed by atoms with E-state index in [1.165, 1.54) is 5.56 Å². The van der Waals surface area contributed by atoms with Crippen LogP contribution in [0.1, 0.15) is 45.2 Å². The second kappa shape index (κ2) is 4.78. The Labute approximate surface area is 103 Å². The van der Waals surface area contributed by atoms with Crippen LogP contribution in [0.25, 0.3) is 0 Å². The zero-order valence-corrected chi connectivity index (χ0v) is 11.2. The van der Waals surface area contributed by atoms with Crippen LogP contribution in [-0.2, 0) is 11.8 Å². The maximum absolute atomic E-state index is 5.73. The van der Waals surface area contributed by atoms with Crippen molar-refractivity contribution in [1.29, 1.82) is 0 Å². The van der Waals surface area contributed by atoms with Gasteiger partial charge in [0.1, 0.15) is 0 Å². The Balaban J connectivity index is 1.92. The van der Waals surface area contributed by atoms with Gasteiger partial charge in [0.05, 0.1) is 11.8 Å². The topological polar surface area (TPSA) is 39.1 Å². The van der Waals surface area contributed by atoms with E-state index in [9.17, 15) is 0 Å². The molecular weight excluding hydrogens is 214 g/mol. The summed E-state index contributed by atoms with van der Waals surface area (Å²) in [4.78, 5) is 0. The van der Waals surface area contributed by atoms with Gasteiger partial charge in [0.15, 0.2) is 0 Å². The van der Waals surface area contributed by atoms with Gasteiger partial charge in [0, 0.05) is 37.5 Å². The van der Waals surface area contributed by atoms with E-state index in [4.69, 9.17) is 4.74 Å². The van der Waals surface area contributed by atoms with Gasteiger partial charge >= 0.3 is 0 Å². The highest BCUT2D eigenvalue weighted by Gasteiger charge is 2.29. The molecule has 1 saturated heterocycles. The Kier molecular flexibility index (Phi) is 3.54. The third-order valence-corrected chi connectivity index (χ3v) is 3.41. The van der Waals surface area contributed by atoms with E-state index in [0.717, 1.165) is 19.4 Å². The van der Waals surface area contributed by atoms with Crippen LogP contribution in [0.5, 0.6) is 0 Å². The largest absolute Gasteiger partial charge is 0.375 e. The number of nitrogens with one attached hydrogen (secondary N) is 1. The van der Waals surface area contributed by atoms with Crippen LogP contribution >= 0.6 is 0 Å². The first-order valence-corrected chi connectivity index (χ1v) is 6.35. The molecule has 1 fully saturated rings. The van der Waals surface area contributed by atoms with Gasteiger partial charge in [-0.25, -0.2) is 0 Å². The third-order valence-electron chi connectivity index (χ3n) is 3.41. The molecule has 0 bridgehead atoms. The first kappa shape index (κ1) is 12.6. The Hall–Kier alpha value is -0.870. The predicted molar refractivity (Wildman–Crippen MR) is 67.8 cm³/mol. The van der Waals surface area contributed by atoms with Crippen molar-refractivity contribution in [3.63, 3.8) is 0 Å². The normalized spacial score (nSPS) is 25.8. The van der Waals surface area contributed by atoms with E-state index >= 15 is 0 Å². The zero-order valence-electron chi connectivity index (χ0n) is 11.2. The van der Waals surface area contributed by atoms with Crippen molar-refractivity contribution in [3.05, 3.63) is 18.0 Å². The molecule has 4 heteroatoms. The first-order chi connectivity index (χ1) is 7.96. The number of hydrogen-bond donors (Lipinski definition) is 1. The van der Waals surface area contributed by atoms with E-state index in [-0.39, 0.29) is 5.60 Å². The average molecular weight is 237 g/mol. The highest BCUT2D eigenvalue weighted by molar-refractivity contribution is 5.09. The maximum atomic E-state index is 5.73. The van der Waals surface area contributed by atoms with Gasteiger partial charge < -0.3 is 10.1 Å². The lowest BCUT2D eigenvalue weighted by atomic mass is 9.93. The summed E-state index contributed by atoms with van der Waals surface area (Å²) >= 11 is 0. The van der Waals surface area contributed by atoms with E-state index < -0.39 is 0 Å². The lowest BCUT2D eigenvalue weighted by Crippen LogP contribution is -2.44. The minimum absolute atomic E-state index is 0.00454. The van der Waals surface area contributed by atoms with Gasteiger partial charge in [-0.1, -0.05) is 0 Å². The molecule has 2 rings (SSSR count). The number of hydrogen-bond acceptors (Lipinski definition) is 3. The SMILES string of the molecule is CC(NC1CCOC(C)(C)C1)c1cnn(C)c1. The fraction of sp³-hybridized carbons (Fsp3) is 0.769. The highest BCUT2D eigenvalue weighted by atomic mass is 16.5. The Morgan fingerprint density at radius 1 is 1.59 bits per heavy atom. The fourth-order valence-corrected chi connectivity index (χ4v) is 2.49. The molecule has 0 amide bonds. The summed E-state index contributed by atoms with van der Waals surface area (Å²) in [5.41, 5.74) is 1.25. The predicted octanol–water partition coefficient (Wildman–Crippen LogP) is 2.03. The fourth-order valence-electron chi connectivity index (χ4n) is 2.49. The molecule has 1 aliphatic heterocycles. The zero-order chi connectivity index (χ0) is 12.5. The van der Waals surface area contributed by atoms with Crippen LogP contribution in [0.4, 0.5) is 0 Å². The third kappa shape index (κ3) is 3.30. The van der Waals surface area contributed by atoms with Crippen LogP contribution in [0, 0.1) is 0 Å². The van der Waals surface area contributed by atoms with E-state index in [2.05, 4.69) is 37.4 Å². The number of rotatable bonds is 3. The lowest BCUT2D eigenvalue weighted by molar-refractivity contribution is -0.0639. The molecule has 17 heavy (non-hydrogen) atoms. The van der Waals surface area contributed by atoms with Crippen molar-refractivity contribution < 1.29 is 4.74 Å². The first-order valence-electron chi connectivity index (χ1n) is 6.35. The monoisotopic (exact) mass is 237 g/mol. The molecular formula is C13H23N3O. The van der Waals surface area contributed by atoms with Crippen LogP contribution in [0.3, 0.4) is 0 Å². The smallest absolute Gasteiger partial charge is 0.0641 e. The molecule has 4 nitrogen and oxygen atoms in total. The van der Waals surface area contributed by atoms with Crippen molar-refractivity contribution in [2.45, 2.75) is 51.3 Å². The van der Waals surface area contributed by atoms with Gasteiger partial charge in [-0.2, -0.15) is 5.10 Å². The van der Waals surface area contributed by atoms with Crippen molar-refractivity contribution in [3.8, 4) is 0 Å². The van der Waals surface area contributed by atoms with E-state index in [1.807, 2.05) is 17.9 Å². The Bertz CT molecular complexity index is 372. The molecule has 0 radical (unpaired) electrons. The molecule has 2 unspecified atom stereocenters. The van der Waals surface area contributed by atoms with Crippen molar-refractivity contribution in [1.82, 2.24) is 15.1 Å².